The minimum absolute atomic E-state index is 0.113. The van der Waals surface area contributed by atoms with E-state index in [9.17, 15) is 9.59 Å². The van der Waals surface area contributed by atoms with E-state index in [0.717, 1.165) is 12.1 Å². The molecule has 1 aliphatic rings. The van der Waals surface area contributed by atoms with Crippen molar-refractivity contribution in [1.29, 1.82) is 0 Å². The van der Waals surface area contributed by atoms with Crippen LogP contribution in [0.2, 0.25) is 5.02 Å². The first-order valence-electron chi connectivity index (χ1n) is 9.76. The molecular formula is C22H17ClN6O2. The number of fused-ring (bicyclic) bond motifs is 1. The predicted octanol–water partition coefficient (Wildman–Crippen LogP) is 3.42. The van der Waals surface area contributed by atoms with Gasteiger partial charge in [0, 0.05) is 42.9 Å². The van der Waals surface area contributed by atoms with E-state index in [-0.39, 0.29) is 11.6 Å². The Morgan fingerprint density at radius 3 is 2.58 bits per heavy atom. The number of urea groups is 1. The molecule has 0 saturated carbocycles. The second-order valence-electron chi connectivity index (χ2n) is 7.09. The maximum Gasteiger partial charge on any atom is 0.321 e. The molecule has 5 rings (SSSR count). The number of anilines is 1. The fraction of sp³-hybridized carbons (Fsp3) is 0.136. The summed E-state index contributed by atoms with van der Waals surface area (Å²) in [5.74, 6) is 0.843. The van der Waals surface area contributed by atoms with Crippen LogP contribution in [0.1, 0.15) is 6.42 Å². The Labute approximate surface area is 182 Å². The lowest BCUT2D eigenvalue weighted by molar-refractivity contribution is 0.243. The highest BCUT2D eigenvalue weighted by Gasteiger charge is 2.20. The molecule has 1 aliphatic heterocycles. The summed E-state index contributed by atoms with van der Waals surface area (Å²) >= 11 is 5.98. The molecule has 8 nitrogen and oxygen atoms in total. The largest absolute Gasteiger partial charge is 0.338 e. The minimum atomic E-state index is -0.276. The minimum Gasteiger partial charge on any atom is -0.338 e. The quantitative estimate of drug-likeness (QED) is 0.535. The zero-order chi connectivity index (χ0) is 21.4. The lowest BCUT2D eigenvalue weighted by atomic mass is 10.1. The summed E-state index contributed by atoms with van der Waals surface area (Å²) in [6, 6.07) is 12.3. The number of nitrogens with zero attached hydrogens (tertiary/aromatic N) is 5. The summed E-state index contributed by atoms with van der Waals surface area (Å²) in [4.78, 5) is 40.2. The van der Waals surface area contributed by atoms with Gasteiger partial charge in [0.05, 0.1) is 15.9 Å². The predicted molar refractivity (Wildman–Crippen MR) is 119 cm³/mol. The van der Waals surface area contributed by atoms with Crippen LogP contribution in [0, 0.1) is 0 Å². The van der Waals surface area contributed by atoms with Gasteiger partial charge in [0.2, 0.25) is 0 Å². The smallest absolute Gasteiger partial charge is 0.321 e. The van der Waals surface area contributed by atoms with Crippen molar-refractivity contribution in [3.63, 3.8) is 0 Å². The lowest BCUT2D eigenvalue weighted by Gasteiger charge is -2.27. The Morgan fingerprint density at radius 2 is 1.84 bits per heavy atom. The summed E-state index contributed by atoms with van der Waals surface area (Å²) < 4.78 is 1.45. The molecule has 1 aromatic carbocycles. The van der Waals surface area contributed by atoms with Gasteiger partial charge in [-0.3, -0.25) is 14.7 Å². The molecule has 154 valence electrons. The van der Waals surface area contributed by atoms with E-state index < -0.39 is 0 Å². The summed E-state index contributed by atoms with van der Waals surface area (Å²) in [6.45, 7) is 1.34. The number of hydrogen-bond donors (Lipinski definition) is 1. The van der Waals surface area contributed by atoms with Crippen LogP contribution in [0.4, 0.5) is 10.5 Å². The number of rotatable bonds is 3. The van der Waals surface area contributed by atoms with Crippen molar-refractivity contribution < 1.29 is 4.79 Å². The van der Waals surface area contributed by atoms with Gasteiger partial charge >= 0.3 is 6.03 Å². The summed E-state index contributed by atoms with van der Waals surface area (Å²) in [6.07, 6.45) is 5.47. The van der Waals surface area contributed by atoms with Crippen LogP contribution < -0.4 is 15.8 Å². The zero-order valence-corrected chi connectivity index (χ0v) is 17.1. The third-order valence-electron chi connectivity index (χ3n) is 5.13. The number of amides is 2. The molecule has 4 aromatic rings. The Balaban J connectivity index is 1.67. The fourth-order valence-electron chi connectivity index (χ4n) is 3.60. The normalized spacial score (nSPS) is 14.0. The summed E-state index contributed by atoms with van der Waals surface area (Å²) in [7, 11) is 0. The molecule has 0 bridgehead atoms. The summed E-state index contributed by atoms with van der Waals surface area (Å²) in [5, 5.41) is 3.71. The first-order chi connectivity index (χ1) is 15.1. The van der Waals surface area contributed by atoms with E-state index in [0.29, 0.717) is 46.2 Å². The molecular weight excluding hydrogens is 416 g/mol. The SMILES string of the molecule is O=C1NCCCN1c1ccc(-c2nc3ccncc3c(=O)n2-c2ccc(Cl)cn2)cc1. The van der Waals surface area contributed by atoms with Gasteiger partial charge < -0.3 is 5.32 Å². The van der Waals surface area contributed by atoms with Crippen molar-refractivity contribution in [2.75, 3.05) is 18.0 Å². The van der Waals surface area contributed by atoms with Gasteiger partial charge in [-0.1, -0.05) is 11.6 Å². The van der Waals surface area contributed by atoms with E-state index in [1.54, 1.807) is 29.3 Å². The number of aromatic nitrogens is 4. The van der Waals surface area contributed by atoms with Crippen LogP contribution in [0.5, 0.6) is 0 Å². The highest BCUT2D eigenvalue weighted by atomic mass is 35.5. The van der Waals surface area contributed by atoms with Crippen LogP contribution in [-0.2, 0) is 0 Å². The first kappa shape index (κ1) is 19.2. The van der Waals surface area contributed by atoms with Gasteiger partial charge in [-0.2, -0.15) is 0 Å². The van der Waals surface area contributed by atoms with Crippen molar-refractivity contribution in [1.82, 2.24) is 24.8 Å². The molecule has 0 spiro atoms. The van der Waals surface area contributed by atoms with E-state index in [4.69, 9.17) is 16.6 Å². The van der Waals surface area contributed by atoms with Gasteiger partial charge in [-0.25, -0.2) is 19.3 Å². The lowest BCUT2D eigenvalue weighted by Crippen LogP contribution is -2.46. The number of carbonyl (C=O) groups excluding carboxylic acids is 1. The molecule has 1 saturated heterocycles. The molecule has 4 heterocycles. The van der Waals surface area contributed by atoms with Crippen LogP contribution in [0.3, 0.4) is 0 Å². The number of pyridine rings is 2. The van der Waals surface area contributed by atoms with Gasteiger partial charge in [0.15, 0.2) is 0 Å². The molecule has 31 heavy (non-hydrogen) atoms. The Bertz CT molecular complexity index is 1340. The number of halogens is 1. The van der Waals surface area contributed by atoms with Gasteiger partial charge in [-0.05, 0) is 48.9 Å². The van der Waals surface area contributed by atoms with Gasteiger partial charge in [-0.15, -0.1) is 0 Å². The van der Waals surface area contributed by atoms with Gasteiger partial charge in [0.25, 0.3) is 5.56 Å². The number of benzene rings is 1. The average molecular weight is 433 g/mol. The summed E-state index contributed by atoms with van der Waals surface area (Å²) in [5.41, 5.74) is 1.76. The van der Waals surface area contributed by atoms with Crippen molar-refractivity contribution >= 4 is 34.2 Å². The van der Waals surface area contributed by atoms with Crippen molar-refractivity contribution in [3.05, 3.63) is 76.4 Å². The van der Waals surface area contributed by atoms with Crippen LogP contribution >= 0.6 is 11.6 Å². The number of hydrogen-bond acceptors (Lipinski definition) is 5. The van der Waals surface area contributed by atoms with Crippen molar-refractivity contribution in [2.45, 2.75) is 6.42 Å². The van der Waals surface area contributed by atoms with E-state index in [2.05, 4.69) is 15.3 Å². The van der Waals surface area contributed by atoms with E-state index in [1.165, 1.54) is 17.0 Å². The molecule has 3 aromatic heterocycles. The van der Waals surface area contributed by atoms with Crippen molar-refractivity contribution in [2.24, 2.45) is 0 Å². The zero-order valence-electron chi connectivity index (χ0n) is 16.3. The second-order valence-corrected chi connectivity index (χ2v) is 7.52. The standard InChI is InChI=1S/C22H17ClN6O2/c23-15-4-7-19(26-12-15)29-20(27-18-8-10-24-13-17(18)21(29)30)14-2-5-16(6-3-14)28-11-1-9-25-22(28)31/h2-8,10,12-13H,1,9,11H2,(H,25,31). The molecule has 0 unspecified atom stereocenters. The van der Waals surface area contributed by atoms with Crippen LogP contribution in [0.15, 0.2) is 65.8 Å². The topological polar surface area (TPSA) is 93.0 Å². The fourth-order valence-corrected chi connectivity index (χ4v) is 3.71. The number of carbonyl (C=O) groups is 1. The van der Waals surface area contributed by atoms with Crippen molar-refractivity contribution in [3.8, 4) is 17.2 Å². The molecule has 1 N–H and O–H groups in total. The maximum absolute atomic E-state index is 13.3. The van der Waals surface area contributed by atoms with Crippen LogP contribution in [-0.4, -0.2) is 38.6 Å². The highest BCUT2D eigenvalue weighted by molar-refractivity contribution is 6.30. The molecule has 0 aliphatic carbocycles. The first-order valence-corrected chi connectivity index (χ1v) is 10.1. The molecule has 2 amide bonds. The second kappa shape index (κ2) is 7.81. The molecule has 0 atom stereocenters. The third-order valence-corrected chi connectivity index (χ3v) is 5.35. The highest BCUT2D eigenvalue weighted by Crippen LogP contribution is 2.25. The Hall–Kier alpha value is -3.78. The molecule has 9 heteroatoms. The Morgan fingerprint density at radius 1 is 1.00 bits per heavy atom. The average Bonchev–Trinajstić information content (AvgIpc) is 2.80. The Kier molecular flexibility index (Phi) is 4.83. The van der Waals surface area contributed by atoms with Crippen LogP contribution in [0.25, 0.3) is 28.1 Å². The van der Waals surface area contributed by atoms with E-state index in [1.807, 2.05) is 24.3 Å². The molecule has 0 radical (unpaired) electrons. The van der Waals surface area contributed by atoms with E-state index >= 15 is 0 Å². The van der Waals surface area contributed by atoms with Gasteiger partial charge in [0.1, 0.15) is 11.6 Å². The monoisotopic (exact) mass is 432 g/mol. The third kappa shape index (κ3) is 3.51. The number of nitrogens with one attached hydrogen (secondary N) is 1. The molecule has 1 fully saturated rings. The maximum atomic E-state index is 13.3.